The Morgan fingerprint density at radius 2 is 2.16 bits per heavy atom. The zero-order valence-corrected chi connectivity index (χ0v) is 18.1. The van der Waals surface area contributed by atoms with Crippen molar-refractivity contribution >= 4 is 33.3 Å². The number of nitrogens with one attached hydrogen (secondary N) is 1. The van der Waals surface area contributed by atoms with Gasteiger partial charge in [-0.05, 0) is 54.8 Å². The number of carbonyl (C=O) groups is 1. The molecule has 8 nitrogen and oxygen atoms in total. The summed E-state index contributed by atoms with van der Waals surface area (Å²) >= 11 is 1.15. The molecule has 0 saturated carbocycles. The molecule has 0 aliphatic carbocycles. The third-order valence-corrected chi connectivity index (χ3v) is 7.79. The Bertz CT molecular complexity index is 1160. The summed E-state index contributed by atoms with van der Waals surface area (Å²) in [7, 11) is -3.74. The van der Waals surface area contributed by atoms with Crippen LogP contribution < -0.4 is 5.48 Å². The molecular formula is C21H21N3O5S2. The number of hydrogen-bond acceptors (Lipinski definition) is 7. The van der Waals surface area contributed by atoms with E-state index in [2.05, 4.69) is 10.5 Å². The first kappa shape index (κ1) is 21.4. The van der Waals surface area contributed by atoms with Gasteiger partial charge >= 0.3 is 0 Å². The summed E-state index contributed by atoms with van der Waals surface area (Å²) < 4.78 is 32.6. The largest absolute Gasteiger partial charge is 0.350 e. The van der Waals surface area contributed by atoms with Crippen LogP contribution in [-0.4, -0.2) is 36.2 Å². The first-order valence-electron chi connectivity index (χ1n) is 9.72. The van der Waals surface area contributed by atoms with Crippen molar-refractivity contribution in [1.29, 1.82) is 0 Å². The maximum absolute atomic E-state index is 12.9. The fourth-order valence-electron chi connectivity index (χ4n) is 2.98. The van der Waals surface area contributed by atoms with E-state index in [1.54, 1.807) is 30.5 Å². The van der Waals surface area contributed by atoms with Crippen molar-refractivity contribution in [2.45, 2.75) is 29.8 Å². The number of pyridine rings is 1. The summed E-state index contributed by atoms with van der Waals surface area (Å²) in [5.41, 5.74) is 3.61. The molecule has 4 rings (SSSR count). The quantitative estimate of drug-likeness (QED) is 0.429. The van der Waals surface area contributed by atoms with Gasteiger partial charge in [0.05, 0.1) is 10.6 Å². The zero-order valence-electron chi connectivity index (χ0n) is 16.5. The molecule has 3 aromatic rings. The Hall–Kier alpha value is -2.79. The van der Waals surface area contributed by atoms with Crippen molar-refractivity contribution in [3.05, 3.63) is 66.6 Å². The summed E-state index contributed by atoms with van der Waals surface area (Å²) in [4.78, 5) is 22.1. The molecule has 4 heterocycles. The predicted molar refractivity (Wildman–Crippen MR) is 116 cm³/mol. The van der Waals surface area contributed by atoms with Gasteiger partial charge in [0.2, 0.25) is 0 Å². The van der Waals surface area contributed by atoms with Crippen LogP contribution in [0.4, 0.5) is 0 Å². The van der Waals surface area contributed by atoms with Crippen LogP contribution in [0, 0.1) is 0 Å². The molecule has 1 atom stereocenters. The number of aromatic nitrogens is 2. The minimum absolute atomic E-state index is 0.206. The first-order valence-corrected chi connectivity index (χ1v) is 12.0. The normalized spacial score (nSPS) is 17.1. The number of ether oxygens (including phenoxy) is 1. The highest BCUT2D eigenvalue weighted by molar-refractivity contribution is 7.92. The van der Waals surface area contributed by atoms with E-state index < -0.39 is 22.2 Å². The second-order valence-electron chi connectivity index (χ2n) is 6.83. The summed E-state index contributed by atoms with van der Waals surface area (Å²) in [5, 5.41) is 0. The Morgan fingerprint density at radius 1 is 1.26 bits per heavy atom. The summed E-state index contributed by atoms with van der Waals surface area (Å²) in [6.45, 7) is 0.617. The third kappa shape index (κ3) is 5.28. The maximum Gasteiger partial charge on any atom is 0.277 e. The summed E-state index contributed by atoms with van der Waals surface area (Å²) in [6, 6.07) is 10.4. The van der Waals surface area contributed by atoms with Crippen LogP contribution in [-0.2, 0) is 24.4 Å². The molecular weight excluding hydrogens is 438 g/mol. The summed E-state index contributed by atoms with van der Waals surface area (Å²) in [6.07, 6.45) is 9.63. The van der Waals surface area contributed by atoms with E-state index in [9.17, 15) is 13.2 Å². The summed E-state index contributed by atoms with van der Waals surface area (Å²) in [5.74, 6) is -0.456. The van der Waals surface area contributed by atoms with Gasteiger partial charge in [-0.25, -0.2) is 14.3 Å². The van der Waals surface area contributed by atoms with Crippen molar-refractivity contribution in [3.8, 4) is 10.6 Å². The van der Waals surface area contributed by atoms with Gasteiger partial charge < -0.3 is 4.74 Å². The van der Waals surface area contributed by atoms with Gasteiger partial charge in [-0.1, -0.05) is 6.07 Å². The molecule has 1 aliphatic heterocycles. The number of nitrogens with zero attached hydrogens (tertiary/aromatic N) is 2. The smallest absolute Gasteiger partial charge is 0.277 e. The van der Waals surface area contributed by atoms with Gasteiger partial charge in [0, 0.05) is 37.7 Å². The van der Waals surface area contributed by atoms with Gasteiger partial charge in [-0.3, -0.25) is 9.78 Å². The number of hydrogen-bond donors (Lipinski definition) is 1. The van der Waals surface area contributed by atoms with Crippen molar-refractivity contribution in [2.75, 3.05) is 6.61 Å². The lowest BCUT2D eigenvalue weighted by Crippen LogP contribution is -2.32. The number of thiophene rings is 1. The first-order chi connectivity index (χ1) is 15.0. The predicted octanol–water partition coefficient (Wildman–Crippen LogP) is 3.44. The molecule has 10 heteroatoms. The molecule has 1 unspecified atom stereocenters. The van der Waals surface area contributed by atoms with Gasteiger partial charge in [0.15, 0.2) is 6.29 Å². The van der Waals surface area contributed by atoms with Crippen molar-refractivity contribution in [3.63, 3.8) is 0 Å². The van der Waals surface area contributed by atoms with Gasteiger partial charge in [0.1, 0.15) is 4.21 Å². The van der Waals surface area contributed by atoms with Crippen LogP contribution in [0.5, 0.6) is 0 Å². The van der Waals surface area contributed by atoms with Crippen LogP contribution in [0.3, 0.4) is 0 Å². The van der Waals surface area contributed by atoms with E-state index in [-0.39, 0.29) is 4.21 Å². The molecule has 3 aromatic heterocycles. The molecule has 1 N–H and O–H groups in total. The Labute approximate surface area is 184 Å². The van der Waals surface area contributed by atoms with Crippen LogP contribution in [0.15, 0.2) is 65.3 Å². The fraction of sp³-hybridized carbons (Fsp3) is 0.238. The monoisotopic (exact) mass is 459 g/mol. The molecule has 31 heavy (non-hydrogen) atoms. The number of amides is 1. The van der Waals surface area contributed by atoms with E-state index in [0.29, 0.717) is 12.2 Å². The lowest BCUT2D eigenvalue weighted by Gasteiger charge is -2.21. The molecule has 0 aromatic carbocycles. The zero-order chi connectivity index (χ0) is 21.7. The molecule has 1 aliphatic rings. The average Bonchev–Trinajstić information content (AvgIpc) is 3.48. The third-order valence-electron chi connectivity index (χ3n) is 4.58. The second-order valence-corrected chi connectivity index (χ2v) is 9.98. The van der Waals surface area contributed by atoms with Crippen molar-refractivity contribution < 1.29 is 22.8 Å². The number of rotatable bonds is 7. The topological polar surface area (TPSA) is 99.5 Å². The molecule has 0 spiro atoms. The van der Waals surface area contributed by atoms with Crippen LogP contribution in [0.2, 0.25) is 0 Å². The van der Waals surface area contributed by atoms with Gasteiger partial charge in [0.25, 0.3) is 15.9 Å². The van der Waals surface area contributed by atoms with Gasteiger partial charge in [-0.2, -0.15) is 8.42 Å². The lowest BCUT2D eigenvalue weighted by molar-refractivity contribution is -0.198. The highest BCUT2D eigenvalue weighted by Crippen LogP contribution is 2.30. The molecule has 1 saturated heterocycles. The number of carbonyl (C=O) groups excluding carboxylic acids is 1. The minimum Gasteiger partial charge on any atom is -0.350 e. The van der Waals surface area contributed by atoms with Crippen molar-refractivity contribution in [1.82, 2.24) is 14.4 Å². The maximum atomic E-state index is 12.9. The Balaban J connectivity index is 1.40. The second kappa shape index (κ2) is 9.56. The van der Waals surface area contributed by atoms with Crippen molar-refractivity contribution in [2.24, 2.45) is 0 Å². The molecule has 1 fully saturated rings. The fourth-order valence-corrected chi connectivity index (χ4v) is 5.58. The Kier molecular flexibility index (Phi) is 6.62. The molecule has 0 bridgehead atoms. The highest BCUT2D eigenvalue weighted by atomic mass is 32.2. The minimum atomic E-state index is -3.74. The van der Waals surface area contributed by atoms with E-state index in [1.165, 1.54) is 24.5 Å². The highest BCUT2D eigenvalue weighted by Gasteiger charge is 2.20. The van der Waals surface area contributed by atoms with Gasteiger partial charge in [-0.15, -0.1) is 11.3 Å². The van der Waals surface area contributed by atoms with Crippen LogP contribution in [0.25, 0.3) is 16.6 Å². The van der Waals surface area contributed by atoms with Crippen LogP contribution in [0.1, 0.15) is 24.8 Å². The van der Waals surface area contributed by atoms with E-state index >= 15 is 0 Å². The van der Waals surface area contributed by atoms with E-state index in [1.807, 2.05) is 12.1 Å². The number of hydroxylamine groups is 1. The van der Waals surface area contributed by atoms with E-state index in [4.69, 9.17) is 9.57 Å². The molecule has 1 amide bonds. The SMILES string of the molecule is O=C(/C=C/c1ccn(S(=O)(=O)c2ccc(-c3ccccn3)s2)c1)NOC1CCCCO1. The molecule has 0 radical (unpaired) electrons. The van der Waals surface area contributed by atoms with E-state index in [0.717, 1.165) is 45.1 Å². The standard InChI is InChI=1S/C21H21N3O5S2/c25-19(23-29-20-6-2-4-14-28-20)9-7-16-11-13-24(15-16)31(26,27)21-10-8-18(30-21)17-5-1-3-12-22-17/h1,3,5,7-13,15,20H,2,4,6,14H2,(H,23,25)/b9-7+. The Morgan fingerprint density at radius 3 is 2.94 bits per heavy atom. The van der Waals surface area contributed by atoms with Crippen LogP contribution >= 0.6 is 11.3 Å². The lowest BCUT2D eigenvalue weighted by atomic mass is 10.2. The average molecular weight is 460 g/mol. The molecule has 162 valence electrons.